The van der Waals surface area contributed by atoms with Crippen molar-refractivity contribution in [3.63, 3.8) is 0 Å². The van der Waals surface area contributed by atoms with E-state index in [1.54, 1.807) is 13.0 Å². The summed E-state index contributed by atoms with van der Waals surface area (Å²) in [6.07, 6.45) is -2.15. The molecule has 22 heavy (non-hydrogen) atoms. The molecule has 2 aromatic rings. The second-order valence-corrected chi connectivity index (χ2v) is 6.20. The first-order valence-electron chi connectivity index (χ1n) is 7.52. The summed E-state index contributed by atoms with van der Waals surface area (Å²) in [5.74, 6) is 0.845. The second kappa shape index (κ2) is 5.57. The first kappa shape index (κ1) is 15.3. The average Bonchev–Trinajstić information content (AvgIpc) is 2.76. The van der Waals surface area contributed by atoms with Crippen molar-refractivity contribution in [2.45, 2.75) is 39.4 Å². The Hall–Kier alpha value is -1.56. The van der Waals surface area contributed by atoms with Crippen molar-refractivity contribution < 1.29 is 17.6 Å². The molecule has 0 N–H and O–H groups in total. The molecule has 0 radical (unpaired) electrons. The number of alkyl halides is 3. The van der Waals surface area contributed by atoms with E-state index in [9.17, 15) is 13.2 Å². The smallest absolute Gasteiger partial charge is 0.420 e. The van der Waals surface area contributed by atoms with Crippen molar-refractivity contribution >= 4 is 11.1 Å². The topological polar surface area (TPSA) is 29.3 Å². The Morgan fingerprint density at radius 2 is 2.14 bits per heavy atom. The van der Waals surface area contributed by atoms with Crippen LogP contribution in [-0.2, 0) is 12.7 Å². The van der Waals surface area contributed by atoms with Crippen LogP contribution < -0.4 is 0 Å². The highest BCUT2D eigenvalue weighted by Gasteiger charge is 2.35. The molecule has 0 saturated carbocycles. The number of hydrogen-bond donors (Lipinski definition) is 0. The molecule has 1 saturated heterocycles. The first-order valence-corrected chi connectivity index (χ1v) is 7.52. The minimum atomic E-state index is -4.44. The molecule has 0 bridgehead atoms. The van der Waals surface area contributed by atoms with Gasteiger partial charge in [-0.05, 0) is 43.0 Å². The van der Waals surface area contributed by atoms with E-state index < -0.39 is 11.7 Å². The minimum Gasteiger partial charge on any atom is -0.440 e. The third-order valence-electron chi connectivity index (χ3n) is 4.11. The molecule has 0 amide bonds. The van der Waals surface area contributed by atoms with Gasteiger partial charge in [-0.25, -0.2) is 4.98 Å². The van der Waals surface area contributed by atoms with Gasteiger partial charge in [0.1, 0.15) is 11.1 Å². The first-order chi connectivity index (χ1) is 10.3. The third-order valence-corrected chi connectivity index (χ3v) is 4.11. The maximum absolute atomic E-state index is 13.2. The number of aryl methyl sites for hydroxylation is 1. The predicted molar refractivity (Wildman–Crippen MR) is 77.4 cm³/mol. The normalized spacial score (nSPS) is 20.7. The third kappa shape index (κ3) is 3.11. The SMILES string of the molecule is Cc1nc2cc(CN3CCC[C@H](C)C3)cc(C(F)(F)F)c2o1. The van der Waals surface area contributed by atoms with Crippen molar-refractivity contribution in [3.05, 3.63) is 29.2 Å². The number of benzene rings is 1. The summed E-state index contributed by atoms with van der Waals surface area (Å²) in [6.45, 7) is 6.12. The summed E-state index contributed by atoms with van der Waals surface area (Å²) in [4.78, 5) is 6.28. The summed E-state index contributed by atoms with van der Waals surface area (Å²) in [5, 5.41) is 0. The van der Waals surface area contributed by atoms with E-state index in [0.717, 1.165) is 19.5 Å². The van der Waals surface area contributed by atoms with Gasteiger partial charge in [0, 0.05) is 20.0 Å². The number of halogens is 3. The van der Waals surface area contributed by atoms with E-state index in [1.807, 2.05) is 0 Å². The van der Waals surface area contributed by atoms with Crippen LogP contribution in [-0.4, -0.2) is 23.0 Å². The van der Waals surface area contributed by atoms with Crippen LogP contribution in [0.25, 0.3) is 11.1 Å². The zero-order chi connectivity index (χ0) is 15.9. The van der Waals surface area contributed by atoms with Gasteiger partial charge in [-0.2, -0.15) is 13.2 Å². The standard InChI is InChI=1S/C16H19F3N2O/c1-10-4-3-5-21(8-10)9-12-6-13(16(17,18)19)15-14(7-12)20-11(2)22-15/h6-7,10H,3-5,8-9H2,1-2H3/t10-/m0/s1. The fraction of sp³-hybridized carbons (Fsp3) is 0.562. The number of piperidine rings is 1. The number of oxazole rings is 1. The Bertz CT molecular complexity index is 678. The van der Waals surface area contributed by atoms with Gasteiger partial charge in [-0.1, -0.05) is 6.92 Å². The molecule has 0 unspecified atom stereocenters. The fourth-order valence-corrected chi connectivity index (χ4v) is 3.19. The lowest BCUT2D eigenvalue weighted by Crippen LogP contribution is -2.33. The van der Waals surface area contributed by atoms with Gasteiger partial charge in [0.25, 0.3) is 0 Å². The van der Waals surface area contributed by atoms with Gasteiger partial charge >= 0.3 is 6.18 Å². The lowest BCUT2D eigenvalue weighted by molar-refractivity contribution is -0.136. The van der Waals surface area contributed by atoms with Gasteiger partial charge in [0.15, 0.2) is 11.5 Å². The van der Waals surface area contributed by atoms with Crippen LogP contribution in [0.5, 0.6) is 0 Å². The molecule has 3 nitrogen and oxygen atoms in total. The van der Waals surface area contributed by atoms with Crippen LogP contribution in [0.2, 0.25) is 0 Å². The van der Waals surface area contributed by atoms with Gasteiger partial charge < -0.3 is 4.42 Å². The molecular weight excluding hydrogens is 293 g/mol. The number of aromatic nitrogens is 1. The van der Waals surface area contributed by atoms with Crippen LogP contribution in [0, 0.1) is 12.8 Å². The van der Waals surface area contributed by atoms with E-state index in [-0.39, 0.29) is 17.0 Å². The summed E-state index contributed by atoms with van der Waals surface area (Å²) in [6, 6.07) is 2.91. The van der Waals surface area contributed by atoms with E-state index >= 15 is 0 Å². The molecule has 1 atom stereocenters. The van der Waals surface area contributed by atoms with Gasteiger partial charge in [-0.3, -0.25) is 4.90 Å². The maximum Gasteiger partial charge on any atom is 0.420 e. The average molecular weight is 312 g/mol. The van der Waals surface area contributed by atoms with Crippen molar-refractivity contribution in [2.75, 3.05) is 13.1 Å². The molecule has 1 aliphatic heterocycles. The Balaban J connectivity index is 1.96. The predicted octanol–water partition coefficient (Wildman–Crippen LogP) is 4.39. The summed E-state index contributed by atoms with van der Waals surface area (Å²) < 4.78 is 44.9. The molecule has 0 aliphatic carbocycles. The van der Waals surface area contributed by atoms with Crippen LogP contribution in [0.4, 0.5) is 13.2 Å². The zero-order valence-corrected chi connectivity index (χ0v) is 12.7. The van der Waals surface area contributed by atoms with Crippen LogP contribution in [0.15, 0.2) is 16.5 Å². The van der Waals surface area contributed by atoms with Crippen molar-refractivity contribution in [1.29, 1.82) is 0 Å². The zero-order valence-electron chi connectivity index (χ0n) is 12.7. The quantitative estimate of drug-likeness (QED) is 0.824. The van der Waals surface area contributed by atoms with Crippen LogP contribution in [0.3, 0.4) is 0 Å². The molecule has 6 heteroatoms. The summed E-state index contributed by atoms with van der Waals surface area (Å²) in [5.41, 5.74) is 0.0287. The van der Waals surface area contributed by atoms with E-state index in [2.05, 4.69) is 16.8 Å². The van der Waals surface area contributed by atoms with Gasteiger partial charge in [0.05, 0.1) is 0 Å². The highest BCUT2D eigenvalue weighted by Crippen LogP contribution is 2.36. The number of hydrogen-bond acceptors (Lipinski definition) is 3. The van der Waals surface area contributed by atoms with Crippen molar-refractivity contribution in [2.24, 2.45) is 5.92 Å². The number of fused-ring (bicyclic) bond motifs is 1. The lowest BCUT2D eigenvalue weighted by atomic mass is 9.99. The van der Waals surface area contributed by atoms with Crippen molar-refractivity contribution in [1.82, 2.24) is 9.88 Å². The molecule has 1 aromatic carbocycles. The highest BCUT2D eigenvalue weighted by molar-refractivity contribution is 5.78. The summed E-state index contributed by atoms with van der Waals surface area (Å²) in [7, 11) is 0. The lowest BCUT2D eigenvalue weighted by Gasteiger charge is -2.30. The highest BCUT2D eigenvalue weighted by atomic mass is 19.4. The molecule has 2 heterocycles. The Morgan fingerprint density at radius 1 is 1.36 bits per heavy atom. The van der Waals surface area contributed by atoms with Gasteiger partial charge in [0.2, 0.25) is 0 Å². The fourth-order valence-electron chi connectivity index (χ4n) is 3.19. The number of rotatable bonds is 2. The molecule has 0 spiro atoms. The monoisotopic (exact) mass is 312 g/mol. The number of nitrogens with zero attached hydrogens (tertiary/aromatic N) is 2. The largest absolute Gasteiger partial charge is 0.440 e. The van der Waals surface area contributed by atoms with E-state index in [4.69, 9.17) is 4.42 Å². The Labute approximate surface area is 127 Å². The van der Waals surface area contributed by atoms with Crippen LogP contribution in [0.1, 0.15) is 36.8 Å². The second-order valence-electron chi connectivity index (χ2n) is 6.20. The van der Waals surface area contributed by atoms with Gasteiger partial charge in [-0.15, -0.1) is 0 Å². The molecule has 120 valence electrons. The number of likely N-dealkylation sites (tertiary alicyclic amines) is 1. The molecule has 1 aromatic heterocycles. The molecule has 1 fully saturated rings. The molecule has 1 aliphatic rings. The summed E-state index contributed by atoms with van der Waals surface area (Å²) >= 11 is 0. The molecule has 3 rings (SSSR count). The Kier molecular flexibility index (Phi) is 3.89. The van der Waals surface area contributed by atoms with Crippen molar-refractivity contribution in [3.8, 4) is 0 Å². The van der Waals surface area contributed by atoms with E-state index in [0.29, 0.717) is 18.0 Å². The minimum absolute atomic E-state index is 0.166. The Morgan fingerprint density at radius 3 is 2.82 bits per heavy atom. The van der Waals surface area contributed by atoms with E-state index in [1.165, 1.54) is 12.5 Å². The maximum atomic E-state index is 13.2. The van der Waals surface area contributed by atoms with Crippen LogP contribution >= 0.6 is 0 Å². The molecular formula is C16H19F3N2O.